The highest BCUT2D eigenvalue weighted by atomic mass is 16.4. The molecule has 0 bridgehead atoms. The number of carboxylic acid groups (broad SMARTS) is 1. The van der Waals surface area contributed by atoms with Gasteiger partial charge in [0, 0.05) is 6.08 Å². The fourth-order valence-corrected chi connectivity index (χ4v) is 5.01. The van der Waals surface area contributed by atoms with Gasteiger partial charge in [-0.1, -0.05) is 90.0 Å². The molecule has 2 fully saturated rings. The van der Waals surface area contributed by atoms with Gasteiger partial charge in [-0.15, -0.1) is 0 Å². The molecule has 0 unspecified atom stereocenters. The topological polar surface area (TPSA) is 37.3 Å². The Morgan fingerprint density at radius 2 is 1.21 bits per heavy atom. The van der Waals surface area contributed by atoms with Crippen LogP contribution in [0.4, 0.5) is 0 Å². The van der Waals surface area contributed by atoms with Crippen molar-refractivity contribution in [1.82, 2.24) is 0 Å². The standard InChI is InChI=1S/C22H38O2/c1-2-5-18-8-12-20(13-9-18)16-17-21-14-10-19(11-15-21)6-3-4-7-22(23)24/h4,7,18-21H,2-3,5-6,8-17H2,1H3,(H,23,24)/b7-4+/t18-,19-,20-,21-. The van der Waals surface area contributed by atoms with Crippen LogP contribution in [0, 0.1) is 23.7 Å². The quantitative estimate of drug-likeness (QED) is 0.482. The van der Waals surface area contributed by atoms with Crippen LogP contribution < -0.4 is 0 Å². The second-order valence-corrected chi connectivity index (χ2v) is 8.46. The Morgan fingerprint density at radius 3 is 1.62 bits per heavy atom. The van der Waals surface area contributed by atoms with Crippen molar-refractivity contribution in [3.63, 3.8) is 0 Å². The minimum Gasteiger partial charge on any atom is -0.478 e. The smallest absolute Gasteiger partial charge is 0.327 e. The van der Waals surface area contributed by atoms with Gasteiger partial charge < -0.3 is 5.11 Å². The van der Waals surface area contributed by atoms with Crippen molar-refractivity contribution >= 4 is 5.97 Å². The molecule has 0 aromatic carbocycles. The summed E-state index contributed by atoms with van der Waals surface area (Å²) in [5, 5.41) is 8.61. The second kappa shape index (κ2) is 10.9. The maximum absolute atomic E-state index is 10.5. The number of aliphatic carboxylic acids is 1. The molecule has 2 nitrogen and oxygen atoms in total. The van der Waals surface area contributed by atoms with Crippen LogP contribution in [-0.2, 0) is 4.79 Å². The van der Waals surface area contributed by atoms with Crippen molar-refractivity contribution in [1.29, 1.82) is 0 Å². The third-order valence-electron chi connectivity index (χ3n) is 6.61. The van der Waals surface area contributed by atoms with Gasteiger partial charge in [-0.25, -0.2) is 4.79 Å². The van der Waals surface area contributed by atoms with Gasteiger partial charge in [0.25, 0.3) is 0 Å². The maximum atomic E-state index is 10.5. The van der Waals surface area contributed by atoms with Gasteiger partial charge in [-0.3, -0.25) is 0 Å². The Bertz CT molecular complexity index is 371. The van der Waals surface area contributed by atoms with Crippen molar-refractivity contribution in [3.8, 4) is 0 Å². The highest BCUT2D eigenvalue weighted by Gasteiger charge is 2.24. The largest absolute Gasteiger partial charge is 0.478 e. The van der Waals surface area contributed by atoms with E-state index in [-0.39, 0.29) is 0 Å². The molecule has 2 aliphatic rings. The van der Waals surface area contributed by atoms with Crippen molar-refractivity contribution in [2.24, 2.45) is 23.7 Å². The number of carboxylic acids is 1. The van der Waals surface area contributed by atoms with Crippen LogP contribution >= 0.6 is 0 Å². The first-order valence-corrected chi connectivity index (χ1v) is 10.6. The molecule has 2 saturated carbocycles. The van der Waals surface area contributed by atoms with Crippen LogP contribution in [0.25, 0.3) is 0 Å². The van der Waals surface area contributed by atoms with E-state index >= 15 is 0 Å². The zero-order valence-electron chi connectivity index (χ0n) is 15.7. The summed E-state index contributed by atoms with van der Waals surface area (Å²) in [5.74, 6) is 3.06. The van der Waals surface area contributed by atoms with Crippen molar-refractivity contribution < 1.29 is 9.90 Å². The molecule has 0 atom stereocenters. The van der Waals surface area contributed by atoms with Crippen LogP contribution in [0.2, 0.25) is 0 Å². The summed E-state index contributed by atoms with van der Waals surface area (Å²) in [5.41, 5.74) is 0. The summed E-state index contributed by atoms with van der Waals surface area (Å²) < 4.78 is 0. The van der Waals surface area contributed by atoms with E-state index in [1.54, 1.807) is 0 Å². The lowest BCUT2D eigenvalue weighted by Crippen LogP contribution is -2.18. The summed E-state index contributed by atoms with van der Waals surface area (Å²) >= 11 is 0. The first-order valence-electron chi connectivity index (χ1n) is 10.6. The van der Waals surface area contributed by atoms with E-state index in [4.69, 9.17) is 5.11 Å². The molecule has 24 heavy (non-hydrogen) atoms. The highest BCUT2D eigenvalue weighted by molar-refractivity contribution is 5.79. The fraction of sp³-hybridized carbons (Fsp3) is 0.864. The first kappa shape index (κ1) is 19.5. The minimum absolute atomic E-state index is 0.817. The van der Waals surface area contributed by atoms with Crippen molar-refractivity contribution in [2.45, 2.75) is 96.8 Å². The van der Waals surface area contributed by atoms with Gasteiger partial charge in [0.05, 0.1) is 0 Å². The number of hydrogen-bond donors (Lipinski definition) is 1. The molecular weight excluding hydrogens is 296 g/mol. The minimum atomic E-state index is -0.817. The van der Waals surface area contributed by atoms with Crippen LogP contribution in [0.15, 0.2) is 12.2 Å². The van der Waals surface area contributed by atoms with Gasteiger partial charge >= 0.3 is 5.97 Å². The van der Waals surface area contributed by atoms with E-state index in [0.29, 0.717) is 0 Å². The summed E-state index contributed by atoms with van der Waals surface area (Å²) in [6.45, 7) is 2.32. The SMILES string of the molecule is CCC[C@H]1CC[C@H](CC[C@H]2CC[C@H](CC/C=C/C(=O)O)CC2)CC1. The Balaban J connectivity index is 1.53. The van der Waals surface area contributed by atoms with E-state index in [2.05, 4.69) is 6.92 Å². The summed E-state index contributed by atoms with van der Waals surface area (Å²) in [6, 6.07) is 0. The Morgan fingerprint density at radius 1 is 0.792 bits per heavy atom. The lowest BCUT2D eigenvalue weighted by molar-refractivity contribution is -0.131. The third kappa shape index (κ3) is 7.40. The molecule has 2 heteroatoms. The molecular formula is C22H38O2. The Hall–Kier alpha value is -0.790. The summed E-state index contributed by atoms with van der Waals surface area (Å²) in [4.78, 5) is 10.5. The number of carbonyl (C=O) groups is 1. The molecule has 0 radical (unpaired) electrons. The maximum Gasteiger partial charge on any atom is 0.327 e. The number of allylic oxidation sites excluding steroid dienone is 1. The van der Waals surface area contributed by atoms with E-state index in [0.717, 1.165) is 30.1 Å². The summed E-state index contributed by atoms with van der Waals surface area (Å²) in [7, 11) is 0. The third-order valence-corrected chi connectivity index (χ3v) is 6.61. The lowest BCUT2D eigenvalue weighted by atomic mass is 9.74. The zero-order chi connectivity index (χ0) is 17.2. The molecule has 0 spiro atoms. The zero-order valence-corrected chi connectivity index (χ0v) is 15.7. The second-order valence-electron chi connectivity index (χ2n) is 8.46. The molecule has 0 saturated heterocycles. The van der Waals surface area contributed by atoms with Gasteiger partial charge in [0.2, 0.25) is 0 Å². The molecule has 0 aromatic rings. The van der Waals surface area contributed by atoms with Crippen LogP contribution in [0.5, 0.6) is 0 Å². The van der Waals surface area contributed by atoms with E-state index in [1.807, 2.05) is 6.08 Å². The highest BCUT2D eigenvalue weighted by Crippen LogP contribution is 2.38. The molecule has 0 aromatic heterocycles. The normalized spacial score (nSPS) is 31.4. The van der Waals surface area contributed by atoms with Gasteiger partial charge in [-0.2, -0.15) is 0 Å². The Kier molecular flexibility index (Phi) is 8.91. The lowest BCUT2D eigenvalue weighted by Gasteiger charge is -2.32. The van der Waals surface area contributed by atoms with Crippen LogP contribution in [0.1, 0.15) is 96.8 Å². The number of hydrogen-bond acceptors (Lipinski definition) is 1. The monoisotopic (exact) mass is 334 g/mol. The average molecular weight is 335 g/mol. The van der Waals surface area contributed by atoms with Crippen molar-refractivity contribution in [3.05, 3.63) is 12.2 Å². The molecule has 2 aliphatic carbocycles. The van der Waals surface area contributed by atoms with E-state index in [9.17, 15) is 4.79 Å². The molecule has 0 aliphatic heterocycles. The predicted octanol–water partition coefficient (Wildman–Crippen LogP) is 6.60. The summed E-state index contributed by atoms with van der Waals surface area (Å²) in [6.07, 6.45) is 22.6. The van der Waals surface area contributed by atoms with Crippen LogP contribution in [-0.4, -0.2) is 11.1 Å². The molecule has 0 heterocycles. The fourth-order valence-electron chi connectivity index (χ4n) is 5.01. The van der Waals surface area contributed by atoms with Gasteiger partial charge in [0.15, 0.2) is 0 Å². The van der Waals surface area contributed by atoms with E-state index < -0.39 is 5.97 Å². The van der Waals surface area contributed by atoms with Gasteiger partial charge in [-0.05, 0) is 36.5 Å². The molecule has 1 N–H and O–H groups in total. The van der Waals surface area contributed by atoms with Crippen LogP contribution in [0.3, 0.4) is 0 Å². The average Bonchev–Trinajstić information content (AvgIpc) is 2.59. The van der Waals surface area contributed by atoms with Crippen molar-refractivity contribution in [2.75, 3.05) is 0 Å². The number of rotatable bonds is 9. The van der Waals surface area contributed by atoms with Gasteiger partial charge in [0.1, 0.15) is 0 Å². The predicted molar refractivity (Wildman–Crippen MR) is 101 cm³/mol. The molecule has 138 valence electrons. The first-order chi connectivity index (χ1) is 11.7. The van der Waals surface area contributed by atoms with E-state index in [1.165, 1.54) is 89.5 Å². The molecule has 2 rings (SSSR count). The Labute approximate surface area is 149 Å². The molecule has 0 amide bonds.